The molecule has 2 rings (SSSR count). The standard InChI is InChI=1S/C16H20N2O2S/c1-11(2)9-20-15-6-4-5-13(7-15)16(19)17-8-14-10-21-12(3)18-14/h4-7,10-11H,8-9H2,1-3H3,(H,17,19). The second-order valence-corrected chi connectivity index (χ2v) is 6.34. The lowest BCUT2D eigenvalue weighted by Crippen LogP contribution is -2.23. The average molecular weight is 304 g/mol. The molecule has 1 heterocycles. The number of nitrogens with zero attached hydrogens (tertiary/aromatic N) is 1. The van der Waals surface area contributed by atoms with Gasteiger partial charge in [-0.2, -0.15) is 0 Å². The van der Waals surface area contributed by atoms with Gasteiger partial charge in [-0.3, -0.25) is 4.79 Å². The molecule has 1 aromatic carbocycles. The van der Waals surface area contributed by atoms with Gasteiger partial charge in [0.1, 0.15) is 5.75 Å². The van der Waals surface area contributed by atoms with Crippen molar-refractivity contribution in [2.24, 2.45) is 5.92 Å². The number of benzene rings is 1. The van der Waals surface area contributed by atoms with Gasteiger partial charge in [-0.1, -0.05) is 19.9 Å². The minimum Gasteiger partial charge on any atom is -0.493 e. The summed E-state index contributed by atoms with van der Waals surface area (Å²) in [7, 11) is 0. The van der Waals surface area contributed by atoms with Crippen LogP contribution in [0.3, 0.4) is 0 Å². The fourth-order valence-electron chi connectivity index (χ4n) is 1.75. The molecule has 1 aromatic heterocycles. The number of hydrogen-bond acceptors (Lipinski definition) is 4. The number of aromatic nitrogens is 1. The minimum absolute atomic E-state index is 0.115. The number of carbonyl (C=O) groups is 1. The Morgan fingerprint density at radius 3 is 2.90 bits per heavy atom. The summed E-state index contributed by atoms with van der Waals surface area (Å²) >= 11 is 1.58. The van der Waals surface area contributed by atoms with Crippen molar-refractivity contribution in [2.45, 2.75) is 27.3 Å². The molecule has 4 nitrogen and oxygen atoms in total. The van der Waals surface area contributed by atoms with Crippen LogP contribution in [0.2, 0.25) is 0 Å². The van der Waals surface area contributed by atoms with Crippen molar-refractivity contribution in [3.63, 3.8) is 0 Å². The Bertz CT molecular complexity index is 608. The van der Waals surface area contributed by atoms with E-state index in [0.717, 1.165) is 16.5 Å². The Hall–Kier alpha value is -1.88. The van der Waals surface area contributed by atoms with Crippen molar-refractivity contribution in [3.8, 4) is 5.75 Å². The predicted octanol–water partition coefficient (Wildman–Crippen LogP) is 3.42. The molecular formula is C16H20N2O2S. The molecule has 112 valence electrons. The van der Waals surface area contributed by atoms with Gasteiger partial charge in [0, 0.05) is 10.9 Å². The van der Waals surface area contributed by atoms with E-state index in [9.17, 15) is 4.79 Å². The normalized spacial score (nSPS) is 10.7. The maximum Gasteiger partial charge on any atom is 0.251 e. The highest BCUT2D eigenvalue weighted by Crippen LogP contribution is 2.14. The Kier molecular flexibility index (Phi) is 5.33. The maximum atomic E-state index is 12.1. The van der Waals surface area contributed by atoms with Crippen molar-refractivity contribution >= 4 is 17.2 Å². The van der Waals surface area contributed by atoms with Gasteiger partial charge in [-0.25, -0.2) is 4.98 Å². The second kappa shape index (κ2) is 7.22. The van der Waals surface area contributed by atoms with Crippen molar-refractivity contribution < 1.29 is 9.53 Å². The first kappa shape index (κ1) is 15.5. The van der Waals surface area contributed by atoms with Gasteiger partial charge in [0.15, 0.2) is 0 Å². The number of carbonyl (C=O) groups excluding carboxylic acids is 1. The number of rotatable bonds is 6. The van der Waals surface area contributed by atoms with Crippen LogP contribution in [0.4, 0.5) is 0 Å². The van der Waals surface area contributed by atoms with Gasteiger partial charge in [0.25, 0.3) is 5.91 Å². The zero-order valence-corrected chi connectivity index (χ0v) is 13.4. The third-order valence-corrected chi connectivity index (χ3v) is 3.60. The van der Waals surface area contributed by atoms with Crippen LogP contribution >= 0.6 is 11.3 Å². The Morgan fingerprint density at radius 2 is 2.24 bits per heavy atom. The molecule has 5 heteroatoms. The molecule has 0 atom stereocenters. The van der Waals surface area contributed by atoms with Crippen molar-refractivity contribution in [3.05, 3.63) is 45.9 Å². The molecule has 0 aliphatic rings. The third kappa shape index (κ3) is 4.86. The minimum atomic E-state index is -0.115. The van der Waals surface area contributed by atoms with E-state index in [2.05, 4.69) is 24.1 Å². The van der Waals surface area contributed by atoms with Crippen LogP contribution in [0.1, 0.15) is 34.9 Å². The first-order chi connectivity index (χ1) is 10.0. The molecule has 0 spiro atoms. The van der Waals surface area contributed by atoms with Gasteiger partial charge in [-0.05, 0) is 31.0 Å². The maximum absolute atomic E-state index is 12.1. The molecule has 0 aliphatic carbocycles. The fraction of sp³-hybridized carbons (Fsp3) is 0.375. The van der Waals surface area contributed by atoms with Gasteiger partial charge >= 0.3 is 0 Å². The summed E-state index contributed by atoms with van der Waals surface area (Å²) in [5, 5.41) is 5.83. The lowest BCUT2D eigenvalue weighted by molar-refractivity contribution is 0.0950. The van der Waals surface area contributed by atoms with Gasteiger partial charge in [0.2, 0.25) is 0 Å². The van der Waals surface area contributed by atoms with Crippen LogP contribution in [0, 0.1) is 12.8 Å². The van der Waals surface area contributed by atoms with Crippen LogP contribution in [-0.4, -0.2) is 17.5 Å². The zero-order valence-electron chi connectivity index (χ0n) is 12.6. The molecule has 0 saturated carbocycles. The van der Waals surface area contributed by atoms with Crippen LogP contribution < -0.4 is 10.1 Å². The molecule has 0 radical (unpaired) electrons. The third-order valence-electron chi connectivity index (χ3n) is 2.78. The van der Waals surface area contributed by atoms with E-state index in [1.54, 1.807) is 23.5 Å². The Morgan fingerprint density at radius 1 is 1.43 bits per heavy atom. The van der Waals surface area contributed by atoms with E-state index in [-0.39, 0.29) is 5.91 Å². The highest BCUT2D eigenvalue weighted by molar-refractivity contribution is 7.09. The number of thiazole rings is 1. The summed E-state index contributed by atoms with van der Waals surface area (Å²) in [6.45, 7) is 7.22. The smallest absolute Gasteiger partial charge is 0.251 e. The molecule has 0 aliphatic heterocycles. The van der Waals surface area contributed by atoms with E-state index in [1.165, 1.54) is 0 Å². The van der Waals surface area contributed by atoms with Gasteiger partial charge < -0.3 is 10.1 Å². The molecule has 0 unspecified atom stereocenters. The largest absolute Gasteiger partial charge is 0.493 e. The van der Waals surface area contributed by atoms with E-state index < -0.39 is 0 Å². The SMILES string of the molecule is Cc1nc(CNC(=O)c2cccc(OCC(C)C)c2)cs1. The summed E-state index contributed by atoms with van der Waals surface area (Å²) in [5.41, 5.74) is 1.49. The Balaban J connectivity index is 1.93. The zero-order chi connectivity index (χ0) is 15.2. The number of hydrogen-bond donors (Lipinski definition) is 1. The Labute approximate surface area is 129 Å². The topological polar surface area (TPSA) is 51.2 Å². The summed E-state index contributed by atoms with van der Waals surface area (Å²) in [4.78, 5) is 16.4. The van der Waals surface area contributed by atoms with Crippen LogP contribution in [0.15, 0.2) is 29.6 Å². The van der Waals surface area contributed by atoms with E-state index in [4.69, 9.17) is 4.74 Å². The lowest BCUT2D eigenvalue weighted by Gasteiger charge is -2.10. The van der Waals surface area contributed by atoms with E-state index >= 15 is 0 Å². The van der Waals surface area contributed by atoms with Gasteiger partial charge in [-0.15, -0.1) is 11.3 Å². The van der Waals surface area contributed by atoms with E-state index in [0.29, 0.717) is 24.6 Å². The average Bonchev–Trinajstić information content (AvgIpc) is 2.88. The number of ether oxygens (including phenoxy) is 1. The first-order valence-electron chi connectivity index (χ1n) is 6.96. The molecular weight excluding hydrogens is 284 g/mol. The van der Waals surface area contributed by atoms with Crippen LogP contribution in [0.5, 0.6) is 5.75 Å². The molecule has 1 amide bonds. The monoisotopic (exact) mass is 304 g/mol. The van der Waals surface area contributed by atoms with Crippen LogP contribution in [0.25, 0.3) is 0 Å². The summed E-state index contributed by atoms with van der Waals surface area (Å²) in [5.74, 6) is 1.06. The van der Waals surface area contributed by atoms with Crippen LogP contribution in [-0.2, 0) is 6.54 Å². The lowest BCUT2D eigenvalue weighted by atomic mass is 10.2. The number of aryl methyl sites for hydroxylation is 1. The van der Waals surface area contributed by atoms with E-state index in [1.807, 2.05) is 24.4 Å². The number of nitrogens with one attached hydrogen (secondary N) is 1. The summed E-state index contributed by atoms with van der Waals surface area (Å²) in [6.07, 6.45) is 0. The summed E-state index contributed by atoms with van der Waals surface area (Å²) < 4.78 is 5.63. The molecule has 21 heavy (non-hydrogen) atoms. The number of amides is 1. The molecule has 0 saturated heterocycles. The highest BCUT2D eigenvalue weighted by Gasteiger charge is 2.08. The molecule has 0 bridgehead atoms. The first-order valence-corrected chi connectivity index (χ1v) is 7.84. The molecule has 0 fully saturated rings. The second-order valence-electron chi connectivity index (χ2n) is 5.27. The molecule has 2 aromatic rings. The fourth-order valence-corrected chi connectivity index (χ4v) is 2.36. The van der Waals surface area contributed by atoms with Crippen molar-refractivity contribution in [1.82, 2.24) is 10.3 Å². The highest BCUT2D eigenvalue weighted by atomic mass is 32.1. The van der Waals surface area contributed by atoms with Gasteiger partial charge in [0.05, 0.1) is 23.9 Å². The molecule has 1 N–H and O–H groups in total. The predicted molar refractivity (Wildman–Crippen MR) is 84.8 cm³/mol. The van der Waals surface area contributed by atoms with Crippen molar-refractivity contribution in [2.75, 3.05) is 6.61 Å². The van der Waals surface area contributed by atoms with Crippen molar-refractivity contribution in [1.29, 1.82) is 0 Å². The summed E-state index contributed by atoms with van der Waals surface area (Å²) in [6, 6.07) is 7.24. The quantitative estimate of drug-likeness (QED) is 0.889.